The van der Waals surface area contributed by atoms with Crippen LogP contribution in [-0.2, 0) is 5.41 Å². The minimum atomic E-state index is -0.640. The summed E-state index contributed by atoms with van der Waals surface area (Å²) in [6, 6.07) is 8.24. The number of ether oxygens (including phenoxy) is 1. The Morgan fingerprint density at radius 3 is 2.32 bits per heavy atom. The van der Waals surface area contributed by atoms with Crippen LogP contribution in [0.25, 0.3) is 0 Å². The minimum absolute atomic E-state index is 0.141. The van der Waals surface area contributed by atoms with Gasteiger partial charge in [-0.3, -0.25) is 9.78 Å². The number of aromatic nitrogens is 1. The van der Waals surface area contributed by atoms with Crippen LogP contribution in [0.1, 0.15) is 36.8 Å². The van der Waals surface area contributed by atoms with Gasteiger partial charge in [0.2, 0.25) is 0 Å². The molecule has 0 saturated heterocycles. The van der Waals surface area contributed by atoms with E-state index in [9.17, 15) is 9.59 Å². The first-order valence-corrected chi connectivity index (χ1v) is 7.74. The molecule has 1 aromatic heterocycles. The third-order valence-electron chi connectivity index (χ3n) is 3.54. The maximum absolute atomic E-state index is 12.4. The molecule has 0 aliphatic carbocycles. The number of nitrogens with one attached hydrogen (secondary N) is 2. The quantitative estimate of drug-likeness (QED) is 0.793. The second-order valence-electron chi connectivity index (χ2n) is 6.48. The second kappa shape index (κ2) is 7.21. The standard InChI is InChI=1S/C18H22N4O3/c1-18(2,3)14-12(9-10-20-15(14)16(19)23)22-17(24)21-11-7-5-6-8-13(11)25-4/h5-10H,1-4H3,(H2,19,23)(H2,20,21,22,24). The molecule has 0 fully saturated rings. The lowest BCUT2D eigenvalue weighted by Crippen LogP contribution is -2.27. The average molecular weight is 342 g/mol. The summed E-state index contributed by atoms with van der Waals surface area (Å²) in [4.78, 5) is 28.1. The number of benzene rings is 1. The molecule has 0 saturated carbocycles. The number of primary amides is 1. The van der Waals surface area contributed by atoms with Crippen LogP contribution in [0.15, 0.2) is 36.5 Å². The smallest absolute Gasteiger partial charge is 0.323 e. The van der Waals surface area contributed by atoms with Crippen molar-refractivity contribution in [2.45, 2.75) is 26.2 Å². The average Bonchev–Trinajstić information content (AvgIpc) is 2.54. The van der Waals surface area contributed by atoms with Crippen molar-refractivity contribution in [3.05, 3.63) is 47.8 Å². The fourth-order valence-electron chi connectivity index (χ4n) is 2.54. The third kappa shape index (κ3) is 4.26. The van der Waals surface area contributed by atoms with E-state index in [2.05, 4.69) is 15.6 Å². The van der Waals surface area contributed by atoms with E-state index in [1.807, 2.05) is 26.8 Å². The molecule has 132 valence electrons. The molecule has 2 rings (SSSR count). The fraction of sp³-hybridized carbons (Fsp3) is 0.278. The predicted octanol–water partition coefficient (Wildman–Crippen LogP) is 3.13. The van der Waals surface area contributed by atoms with Gasteiger partial charge >= 0.3 is 6.03 Å². The van der Waals surface area contributed by atoms with E-state index >= 15 is 0 Å². The fourth-order valence-corrected chi connectivity index (χ4v) is 2.54. The number of nitrogens with zero attached hydrogens (tertiary/aromatic N) is 1. The third-order valence-corrected chi connectivity index (χ3v) is 3.54. The lowest BCUT2D eigenvalue weighted by Gasteiger charge is -2.24. The molecule has 3 amide bonds. The van der Waals surface area contributed by atoms with E-state index in [0.717, 1.165) is 0 Å². The van der Waals surface area contributed by atoms with Gasteiger partial charge < -0.3 is 21.1 Å². The number of urea groups is 1. The number of rotatable bonds is 4. The summed E-state index contributed by atoms with van der Waals surface area (Å²) in [6.45, 7) is 5.75. The molecule has 0 unspecified atom stereocenters. The van der Waals surface area contributed by atoms with E-state index < -0.39 is 17.4 Å². The Morgan fingerprint density at radius 2 is 1.72 bits per heavy atom. The summed E-state index contributed by atoms with van der Waals surface area (Å²) in [6.07, 6.45) is 1.44. The number of carbonyl (C=O) groups excluding carboxylic acids is 2. The highest BCUT2D eigenvalue weighted by Crippen LogP contribution is 2.32. The summed E-state index contributed by atoms with van der Waals surface area (Å²) in [5.74, 6) is -0.0973. The van der Waals surface area contributed by atoms with Gasteiger partial charge in [-0.1, -0.05) is 32.9 Å². The van der Waals surface area contributed by atoms with E-state index in [0.29, 0.717) is 22.7 Å². The molecule has 1 heterocycles. The monoisotopic (exact) mass is 342 g/mol. The van der Waals surface area contributed by atoms with Crippen molar-refractivity contribution in [1.29, 1.82) is 0 Å². The summed E-state index contributed by atoms with van der Waals surface area (Å²) in [5, 5.41) is 5.48. The summed E-state index contributed by atoms with van der Waals surface area (Å²) < 4.78 is 5.21. The van der Waals surface area contributed by atoms with Gasteiger partial charge in [0.15, 0.2) is 0 Å². The molecular formula is C18H22N4O3. The first-order chi connectivity index (χ1) is 11.7. The number of anilines is 2. The summed E-state index contributed by atoms with van der Waals surface area (Å²) >= 11 is 0. The molecule has 1 aromatic carbocycles. The highest BCUT2D eigenvalue weighted by atomic mass is 16.5. The van der Waals surface area contributed by atoms with Crippen molar-refractivity contribution in [1.82, 2.24) is 4.98 Å². The first kappa shape index (κ1) is 18.3. The zero-order chi connectivity index (χ0) is 18.6. The molecule has 7 nitrogen and oxygen atoms in total. The maximum Gasteiger partial charge on any atom is 0.323 e. The molecule has 25 heavy (non-hydrogen) atoms. The van der Waals surface area contributed by atoms with Crippen molar-refractivity contribution in [3.8, 4) is 5.75 Å². The minimum Gasteiger partial charge on any atom is -0.495 e. The van der Waals surface area contributed by atoms with Crippen LogP contribution < -0.4 is 21.1 Å². The van der Waals surface area contributed by atoms with Gasteiger partial charge in [0.1, 0.15) is 11.4 Å². The van der Waals surface area contributed by atoms with Gasteiger partial charge in [0.05, 0.1) is 18.5 Å². The Labute approximate surface area is 146 Å². The summed E-state index contributed by atoms with van der Waals surface area (Å²) in [5.41, 5.74) is 6.72. The van der Waals surface area contributed by atoms with Crippen LogP contribution in [0.2, 0.25) is 0 Å². The number of amides is 3. The Balaban J connectivity index is 2.32. The Kier molecular flexibility index (Phi) is 5.26. The molecule has 0 radical (unpaired) electrons. The van der Waals surface area contributed by atoms with E-state index in [4.69, 9.17) is 10.5 Å². The van der Waals surface area contributed by atoms with Gasteiger partial charge in [-0.15, -0.1) is 0 Å². The summed E-state index contributed by atoms with van der Waals surface area (Å²) in [7, 11) is 1.53. The highest BCUT2D eigenvalue weighted by molar-refractivity contribution is 6.02. The normalized spacial score (nSPS) is 10.9. The number of methoxy groups -OCH3 is 1. The van der Waals surface area contributed by atoms with Crippen LogP contribution in [0, 0.1) is 0 Å². The molecule has 0 spiro atoms. The molecule has 0 atom stereocenters. The Bertz CT molecular complexity index is 797. The predicted molar refractivity (Wildman–Crippen MR) is 97.1 cm³/mol. The maximum atomic E-state index is 12.4. The van der Waals surface area contributed by atoms with Crippen molar-refractivity contribution in [2.24, 2.45) is 5.73 Å². The van der Waals surface area contributed by atoms with Crippen molar-refractivity contribution in [3.63, 3.8) is 0 Å². The van der Waals surface area contributed by atoms with Gasteiger partial charge in [-0.2, -0.15) is 0 Å². The number of hydrogen-bond acceptors (Lipinski definition) is 4. The van der Waals surface area contributed by atoms with Crippen LogP contribution in [0.3, 0.4) is 0 Å². The highest BCUT2D eigenvalue weighted by Gasteiger charge is 2.26. The van der Waals surface area contributed by atoms with Gasteiger partial charge in [-0.05, 0) is 23.6 Å². The van der Waals surface area contributed by atoms with Crippen molar-refractivity contribution in [2.75, 3.05) is 17.7 Å². The molecule has 2 aromatic rings. The second-order valence-corrected chi connectivity index (χ2v) is 6.48. The molecule has 7 heteroatoms. The molecular weight excluding hydrogens is 320 g/mol. The van der Waals surface area contributed by atoms with Gasteiger partial charge in [-0.25, -0.2) is 4.79 Å². The largest absolute Gasteiger partial charge is 0.495 e. The van der Waals surface area contributed by atoms with Crippen LogP contribution >= 0.6 is 0 Å². The first-order valence-electron chi connectivity index (χ1n) is 7.74. The van der Waals surface area contributed by atoms with Crippen LogP contribution in [0.4, 0.5) is 16.2 Å². The SMILES string of the molecule is COc1ccccc1NC(=O)Nc1ccnc(C(N)=O)c1C(C)(C)C. The molecule has 0 aliphatic heterocycles. The molecule has 0 aliphatic rings. The topological polar surface area (TPSA) is 106 Å². The van der Waals surface area contributed by atoms with Crippen molar-refractivity contribution < 1.29 is 14.3 Å². The van der Waals surface area contributed by atoms with Crippen molar-refractivity contribution >= 4 is 23.3 Å². The number of para-hydroxylation sites is 2. The zero-order valence-corrected chi connectivity index (χ0v) is 14.7. The number of pyridine rings is 1. The Morgan fingerprint density at radius 1 is 1.08 bits per heavy atom. The molecule has 0 bridgehead atoms. The van der Waals surface area contributed by atoms with Crippen LogP contribution in [-0.4, -0.2) is 24.0 Å². The van der Waals surface area contributed by atoms with Gasteiger partial charge in [0, 0.05) is 11.8 Å². The van der Waals surface area contributed by atoms with E-state index in [1.165, 1.54) is 13.3 Å². The number of nitrogens with two attached hydrogens (primary N) is 1. The Hall–Kier alpha value is -3.09. The molecule has 4 N–H and O–H groups in total. The van der Waals surface area contributed by atoms with Gasteiger partial charge in [0.25, 0.3) is 5.91 Å². The van der Waals surface area contributed by atoms with E-state index in [1.54, 1.807) is 24.3 Å². The number of hydrogen-bond donors (Lipinski definition) is 3. The number of carbonyl (C=O) groups is 2. The zero-order valence-electron chi connectivity index (χ0n) is 14.7. The lowest BCUT2D eigenvalue weighted by molar-refractivity contribution is 0.0993. The van der Waals surface area contributed by atoms with E-state index in [-0.39, 0.29) is 5.69 Å². The lowest BCUT2D eigenvalue weighted by atomic mass is 9.84. The van der Waals surface area contributed by atoms with Crippen LogP contribution in [0.5, 0.6) is 5.75 Å².